The number of hydrogen-bond acceptors (Lipinski definition) is 3. The monoisotopic (exact) mass is 181 g/mol. The van der Waals surface area contributed by atoms with Crippen LogP contribution in [0.2, 0.25) is 0 Å². The molecule has 0 saturated carbocycles. The van der Waals surface area contributed by atoms with Crippen molar-refractivity contribution < 1.29 is 9.57 Å². The molecular formula is C8H11N3O2. The molecular weight excluding hydrogens is 170 g/mol. The van der Waals surface area contributed by atoms with E-state index in [-0.39, 0.29) is 6.61 Å². The molecule has 0 aliphatic heterocycles. The average molecular weight is 181 g/mol. The molecule has 1 unspecified atom stereocenters. The van der Waals surface area contributed by atoms with Crippen molar-refractivity contribution in [3.05, 3.63) is 34.7 Å². The van der Waals surface area contributed by atoms with Crippen LogP contribution in [0.3, 0.4) is 0 Å². The summed E-state index contributed by atoms with van der Waals surface area (Å²) in [4.78, 5) is 7.21. The molecule has 0 aromatic carbocycles. The van der Waals surface area contributed by atoms with Gasteiger partial charge in [0.2, 0.25) is 0 Å². The number of ether oxygens (including phenoxy) is 1. The van der Waals surface area contributed by atoms with Crippen molar-refractivity contribution >= 4 is 0 Å². The zero-order valence-corrected chi connectivity index (χ0v) is 7.38. The second-order valence-electron chi connectivity index (χ2n) is 2.70. The fourth-order valence-electron chi connectivity index (χ4n) is 1.13. The molecule has 1 atom stereocenters. The molecule has 13 heavy (non-hydrogen) atoms. The molecule has 0 saturated heterocycles. The maximum atomic E-state index is 8.01. The molecule has 0 N–H and O–H groups in total. The lowest BCUT2D eigenvalue weighted by Gasteiger charge is -2.28. The smallest absolute Gasteiger partial charge is 0.130 e. The van der Waals surface area contributed by atoms with Crippen LogP contribution in [0.4, 0.5) is 0 Å². The minimum Gasteiger partial charge on any atom is -0.430 e. The highest BCUT2D eigenvalue weighted by Crippen LogP contribution is 2.21. The first-order chi connectivity index (χ1) is 6.33. The Bertz CT molecular complexity index is 269. The van der Waals surface area contributed by atoms with Gasteiger partial charge in [0.1, 0.15) is 17.5 Å². The lowest BCUT2D eigenvalue weighted by Crippen LogP contribution is -2.34. The Morgan fingerprint density at radius 2 is 2.46 bits per heavy atom. The van der Waals surface area contributed by atoms with Gasteiger partial charge in [0.05, 0.1) is 0 Å². The number of methoxy groups -OCH3 is 1. The van der Waals surface area contributed by atoms with Crippen molar-refractivity contribution in [2.75, 3.05) is 13.7 Å². The fourth-order valence-corrected chi connectivity index (χ4v) is 1.13. The van der Waals surface area contributed by atoms with Crippen molar-refractivity contribution in [3.8, 4) is 0 Å². The van der Waals surface area contributed by atoms with E-state index in [2.05, 4.69) is 10.2 Å². The molecule has 5 nitrogen and oxygen atoms in total. The van der Waals surface area contributed by atoms with Gasteiger partial charge in [0.25, 0.3) is 0 Å². The van der Waals surface area contributed by atoms with E-state index in [1.54, 1.807) is 7.11 Å². The molecule has 1 aliphatic rings. The minimum atomic E-state index is -0.483. The van der Waals surface area contributed by atoms with Crippen molar-refractivity contribution in [1.82, 2.24) is 0 Å². The van der Waals surface area contributed by atoms with E-state index in [0.29, 0.717) is 0 Å². The summed E-state index contributed by atoms with van der Waals surface area (Å²) in [6, 6.07) is 0. The number of azide groups is 1. The summed E-state index contributed by atoms with van der Waals surface area (Å²) in [6.45, 7) is 0.231. The van der Waals surface area contributed by atoms with Crippen LogP contribution in [0.5, 0.6) is 0 Å². The first-order valence-corrected chi connectivity index (χ1v) is 3.89. The third-order valence-corrected chi connectivity index (χ3v) is 1.92. The van der Waals surface area contributed by atoms with Gasteiger partial charge in [-0.3, -0.25) is 0 Å². The quantitative estimate of drug-likeness (QED) is 0.288. The third kappa shape index (κ3) is 2.50. The summed E-state index contributed by atoms with van der Waals surface area (Å²) >= 11 is 0. The zero-order valence-electron chi connectivity index (χ0n) is 7.38. The van der Waals surface area contributed by atoms with E-state index >= 15 is 0 Å². The Morgan fingerprint density at radius 3 is 3.00 bits per heavy atom. The number of hydrogen-bond donors (Lipinski definition) is 0. The number of rotatable bonds is 4. The summed E-state index contributed by atoms with van der Waals surface area (Å²) in [5.41, 5.74) is 7.53. The van der Waals surface area contributed by atoms with Crippen LogP contribution in [0.25, 0.3) is 10.4 Å². The molecule has 0 fully saturated rings. The third-order valence-electron chi connectivity index (χ3n) is 1.92. The average Bonchev–Trinajstić information content (AvgIpc) is 2.20. The molecule has 1 aliphatic carbocycles. The molecule has 0 radical (unpaired) electrons. The summed E-state index contributed by atoms with van der Waals surface area (Å²) in [6.07, 6.45) is 8.40. The van der Waals surface area contributed by atoms with E-state index in [1.807, 2.05) is 24.3 Å². The normalized spacial score (nSPS) is 25.3. The first kappa shape index (κ1) is 9.64. The van der Waals surface area contributed by atoms with E-state index in [4.69, 9.17) is 15.1 Å². The van der Waals surface area contributed by atoms with Gasteiger partial charge >= 0.3 is 0 Å². The Balaban J connectivity index is 2.54. The van der Waals surface area contributed by atoms with Gasteiger partial charge in [-0.05, 0) is 11.6 Å². The zero-order chi connectivity index (χ0) is 9.57. The number of nitrogens with zero attached hydrogens (tertiary/aromatic N) is 3. The van der Waals surface area contributed by atoms with Crippen LogP contribution in [-0.2, 0) is 9.57 Å². The molecule has 0 heterocycles. The maximum Gasteiger partial charge on any atom is 0.130 e. The Hall–Kier alpha value is -1.45. The van der Waals surface area contributed by atoms with Gasteiger partial charge in [-0.1, -0.05) is 18.2 Å². The van der Waals surface area contributed by atoms with Crippen molar-refractivity contribution in [2.24, 2.45) is 5.28 Å². The first-order valence-electron chi connectivity index (χ1n) is 3.89. The SMILES string of the molecule is COC1(CON=[N+]=[N-])C=CC=CC1. The summed E-state index contributed by atoms with van der Waals surface area (Å²) < 4.78 is 5.28. The predicted molar refractivity (Wildman–Crippen MR) is 47.7 cm³/mol. The molecule has 70 valence electrons. The van der Waals surface area contributed by atoms with Crippen LogP contribution in [0, 0.1) is 0 Å². The molecule has 0 spiro atoms. The van der Waals surface area contributed by atoms with Gasteiger partial charge in [-0.2, -0.15) is 0 Å². The van der Waals surface area contributed by atoms with Crippen molar-refractivity contribution in [1.29, 1.82) is 0 Å². The van der Waals surface area contributed by atoms with Gasteiger partial charge in [0, 0.05) is 18.4 Å². The van der Waals surface area contributed by atoms with Gasteiger partial charge in [0.15, 0.2) is 0 Å². The Morgan fingerprint density at radius 1 is 1.62 bits per heavy atom. The van der Waals surface area contributed by atoms with Crippen LogP contribution in [0.15, 0.2) is 29.6 Å². The van der Waals surface area contributed by atoms with Gasteiger partial charge < -0.3 is 9.57 Å². The van der Waals surface area contributed by atoms with Crippen molar-refractivity contribution in [3.63, 3.8) is 0 Å². The Labute approximate surface area is 76.2 Å². The summed E-state index contributed by atoms with van der Waals surface area (Å²) in [5.74, 6) is 0. The predicted octanol–water partition coefficient (Wildman–Crippen LogP) is 2.13. The second kappa shape index (κ2) is 4.54. The number of allylic oxidation sites excluding steroid dienone is 2. The second-order valence-corrected chi connectivity index (χ2v) is 2.70. The van der Waals surface area contributed by atoms with Gasteiger partial charge in [-0.15, -0.1) is 0 Å². The van der Waals surface area contributed by atoms with E-state index < -0.39 is 5.60 Å². The standard InChI is InChI=1S/C8H11N3O2/c1-12-8(7-13-11-10-9)5-3-2-4-6-8/h2-5H,6-7H2,1H3. The topological polar surface area (TPSA) is 67.2 Å². The molecule has 0 amide bonds. The van der Waals surface area contributed by atoms with Crippen LogP contribution in [0.1, 0.15) is 6.42 Å². The summed E-state index contributed by atoms with van der Waals surface area (Å²) in [7, 11) is 1.60. The fraction of sp³-hybridized carbons (Fsp3) is 0.500. The van der Waals surface area contributed by atoms with E-state index in [9.17, 15) is 0 Å². The molecule has 0 bridgehead atoms. The maximum absolute atomic E-state index is 8.01. The van der Waals surface area contributed by atoms with E-state index in [1.165, 1.54) is 0 Å². The highest BCUT2D eigenvalue weighted by Gasteiger charge is 2.27. The highest BCUT2D eigenvalue weighted by molar-refractivity contribution is 5.18. The van der Waals surface area contributed by atoms with Crippen LogP contribution < -0.4 is 0 Å². The van der Waals surface area contributed by atoms with Gasteiger partial charge in [-0.25, -0.2) is 0 Å². The molecule has 1 rings (SSSR count). The highest BCUT2D eigenvalue weighted by atomic mass is 16.7. The largest absolute Gasteiger partial charge is 0.430 e. The molecule has 0 aromatic rings. The van der Waals surface area contributed by atoms with Crippen molar-refractivity contribution in [2.45, 2.75) is 12.0 Å². The Kier molecular flexibility index (Phi) is 3.37. The molecule has 0 aromatic heterocycles. The minimum absolute atomic E-state index is 0.231. The lowest BCUT2D eigenvalue weighted by molar-refractivity contribution is -0.0422. The van der Waals surface area contributed by atoms with Crippen LogP contribution >= 0.6 is 0 Å². The summed E-state index contributed by atoms with van der Waals surface area (Å²) in [5, 5.41) is 3.00. The molecule has 5 heteroatoms. The van der Waals surface area contributed by atoms with E-state index in [0.717, 1.165) is 6.42 Å². The lowest BCUT2D eigenvalue weighted by atomic mass is 9.96. The van der Waals surface area contributed by atoms with Crippen LogP contribution in [-0.4, -0.2) is 19.3 Å².